The van der Waals surface area contributed by atoms with Crippen LogP contribution in [0.25, 0.3) is 0 Å². The van der Waals surface area contributed by atoms with E-state index in [2.05, 4.69) is 5.32 Å². The molecule has 0 spiro atoms. The Balaban J connectivity index is 2.02. The van der Waals surface area contributed by atoms with Gasteiger partial charge in [-0.15, -0.1) is 0 Å². The van der Waals surface area contributed by atoms with Crippen molar-refractivity contribution >= 4 is 11.5 Å². The molecule has 1 aliphatic rings. The van der Waals surface area contributed by atoms with Gasteiger partial charge in [-0.05, 0) is 37.6 Å². The first kappa shape index (κ1) is 13.1. The lowest BCUT2D eigenvalue weighted by atomic mass is 9.87. The van der Waals surface area contributed by atoms with E-state index in [0.717, 1.165) is 16.8 Å². The average molecular weight is 249 g/mol. The number of hydrogen-bond donors (Lipinski definition) is 2. The lowest BCUT2D eigenvalue weighted by molar-refractivity contribution is -0.128. The Morgan fingerprint density at radius 3 is 2.67 bits per heavy atom. The Kier molecular flexibility index (Phi) is 3.68. The number of carbonyl (C=O) groups excluding carboxylic acids is 1. The third-order valence-corrected chi connectivity index (χ3v) is 3.43. The summed E-state index contributed by atoms with van der Waals surface area (Å²) in [6.45, 7) is 5.51. The third kappa shape index (κ3) is 2.54. The van der Waals surface area contributed by atoms with Gasteiger partial charge in [0, 0.05) is 17.8 Å². The highest BCUT2D eigenvalue weighted by molar-refractivity contribution is 5.95. The molecular formula is C14H19NO3. The quantitative estimate of drug-likeness (QED) is 0.779. The summed E-state index contributed by atoms with van der Waals surface area (Å²) in [4.78, 5) is 11.3. The normalized spacial score (nSPS) is 17.1. The van der Waals surface area contributed by atoms with Gasteiger partial charge in [-0.25, -0.2) is 0 Å². The highest BCUT2D eigenvalue weighted by Crippen LogP contribution is 2.27. The highest BCUT2D eigenvalue weighted by atomic mass is 16.5. The van der Waals surface area contributed by atoms with Crippen LogP contribution in [0, 0.1) is 12.3 Å². The van der Waals surface area contributed by atoms with Gasteiger partial charge in [-0.1, -0.05) is 0 Å². The van der Waals surface area contributed by atoms with Crippen LogP contribution < -0.4 is 5.32 Å². The molecule has 1 aliphatic heterocycles. The van der Waals surface area contributed by atoms with Crippen molar-refractivity contribution in [3.8, 4) is 0 Å². The van der Waals surface area contributed by atoms with E-state index in [1.807, 2.05) is 25.1 Å². The molecule has 0 aromatic heterocycles. The number of anilines is 1. The van der Waals surface area contributed by atoms with E-state index in [-0.39, 0.29) is 17.8 Å². The minimum atomic E-state index is -0.146. The Bertz CT molecular complexity index is 447. The molecule has 18 heavy (non-hydrogen) atoms. The second-order valence-corrected chi connectivity index (χ2v) is 5.09. The molecule has 0 saturated carbocycles. The molecule has 1 saturated heterocycles. The zero-order chi connectivity index (χ0) is 13.2. The van der Waals surface area contributed by atoms with E-state index < -0.39 is 0 Å². The fourth-order valence-electron chi connectivity index (χ4n) is 2.10. The fourth-order valence-corrected chi connectivity index (χ4v) is 2.10. The lowest BCUT2D eigenvalue weighted by Crippen LogP contribution is -2.50. The summed E-state index contributed by atoms with van der Waals surface area (Å²) in [5.74, 6) is 0.0817. The van der Waals surface area contributed by atoms with Gasteiger partial charge in [0.15, 0.2) is 5.78 Å². The van der Waals surface area contributed by atoms with Crippen molar-refractivity contribution in [2.75, 3.05) is 31.7 Å². The average Bonchev–Trinajstić information content (AvgIpc) is 2.27. The van der Waals surface area contributed by atoms with Crippen LogP contribution in [-0.4, -0.2) is 37.3 Å². The number of nitrogens with one attached hydrogen (secondary N) is 1. The molecule has 0 bridgehead atoms. The molecule has 0 atom stereocenters. The third-order valence-electron chi connectivity index (χ3n) is 3.43. The van der Waals surface area contributed by atoms with Crippen molar-refractivity contribution in [3.05, 3.63) is 29.3 Å². The molecule has 4 heteroatoms. The van der Waals surface area contributed by atoms with E-state index in [1.165, 1.54) is 0 Å². The summed E-state index contributed by atoms with van der Waals surface area (Å²) in [5.41, 5.74) is 2.55. The van der Waals surface area contributed by atoms with Crippen molar-refractivity contribution in [1.29, 1.82) is 0 Å². The van der Waals surface area contributed by atoms with Crippen molar-refractivity contribution in [2.24, 2.45) is 5.41 Å². The van der Waals surface area contributed by atoms with Crippen molar-refractivity contribution in [2.45, 2.75) is 13.8 Å². The number of carbonyl (C=O) groups is 1. The van der Waals surface area contributed by atoms with E-state index in [1.54, 1.807) is 6.92 Å². The molecule has 2 rings (SSSR count). The second kappa shape index (κ2) is 5.08. The van der Waals surface area contributed by atoms with Gasteiger partial charge in [0.25, 0.3) is 0 Å². The summed E-state index contributed by atoms with van der Waals surface area (Å²) in [5, 5.41) is 12.6. The summed E-state index contributed by atoms with van der Waals surface area (Å²) in [6, 6.07) is 5.69. The van der Waals surface area contributed by atoms with Crippen molar-refractivity contribution in [3.63, 3.8) is 0 Å². The SMILES string of the molecule is CC(=O)c1ccc(NCC2(CO)COC2)cc1C. The Hall–Kier alpha value is -1.39. The molecule has 98 valence electrons. The van der Waals surface area contributed by atoms with E-state index in [4.69, 9.17) is 4.74 Å². The summed E-state index contributed by atoms with van der Waals surface area (Å²) in [6.07, 6.45) is 0. The Labute approximate surface area is 107 Å². The van der Waals surface area contributed by atoms with Gasteiger partial charge >= 0.3 is 0 Å². The first-order valence-corrected chi connectivity index (χ1v) is 6.10. The Morgan fingerprint density at radius 2 is 2.22 bits per heavy atom. The van der Waals surface area contributed by atoms with E-state index >= 15 is 0 Å². The van der Waals surface area contributed by atoms with Crippen LogP contribution in [0.1, 0.15) is 22.8 Å². The standard InChI is InChI=1S/C14H19NO3/c1-10-5-12(3-4-13(10)11(2)17)15-6-14(7-16)8-18-9-14/h3-5,15-16H,6-9H2,1-2H3. The zero-order valence-corrected chi connectivity index (χ0v) is 10.8. The molecule has 0 unspecified atom stereocenters. The maximum Gasteiger partial charge on any atom is 0.160 e. The minimum Gasteiger partial charge on any atom is -0.396 e. The van der Waals surface area contributed by atoms with Crippen LogP contribution in [0.3, 0.4) is 0 Å². The molecule has 1 aromatic rings. The van der Waals surface area contributed by atoms with Gasteiger partial charge in [0.05, 0.1) is 25.2 Å². The number of aliphatic hydroxyl groups excluding tert-OH is 1. The summed E-state index contributed by atoms with van der Waals surface area (Å²) < 4.78 is 5.15. The van der Waals surface area contributed by atoms with Crippen LogP contribution >= 0.6 is 0 Å². The van der Waals surface area contributed by atoms with Gasteiger partial charge in [-0.2, -0.15) is 0 Å². The van der Waals surface area contributed by atoms with Crippen molar-refractivity contribution in [1.82, 2.24) is 0 Å². The Morgan fingerprint density at radius 1 is 1.50 bits per heavy atom. The minimum absolute atomic E-state index is 0.0817. The maximum absolute atomic E-state index is 11.3. The number of aliphatic hydroxyl groups is 1. The predicted octanol–water partition coefficient (Wildman–Crippen LogP) is 1.62. The number of Topliss-reactive ketones (excluding diaryl/α,β-unsaturated/α-hetero) is 1. The molecule has 2 N–H and O–H groups in total. The first-order chi connectivity index (χ1) is 8.56. The van der Waals surface area contributed by atoms with Crippen LogP contribution in [0.4, 0.5) is 5.69 Å². The molecule has 1 heterocycles. The van der Waals surface area contributed by atoms with Gasteiger partial charge in [0.1, 0.15) is 0 Å². The van der Waals surface area contributed by atoms with Gasteiger partial charge in [0.2, 0.25) is 0 Å². The predicted molar refractivity (Wildman–Crippen MR) is 70.0 cm³/mol. The molecular weight excluding hydrogens is 230 g/mol. The highest BCUT2D eigenvalue weighted by Gasteiger charge is 2.37. The van der Waals surface area contributed by atoms with Gasteiger partial charge in [-0.3, -0.25) is 4.79 Å². The maximum atomic E-state index is 11.3. The van der Waals surface area contributed by atoms with Crippen LogP contribution in [-0.2, 0) is 4.74 Å². The second-order valence-electron chi connectivity index (χ2n) is 5.09. The lowest BCUT2D eigenvalue weighted by Gasteiger charge is -2.40. The first-order valence-electron chi connectivity index (χ1n) is 6.10. The number of rotatable bonds is 5. The number of aryl methyl sites for hydroxylation is 1. The summed E-state index contributed by atoms with van der Waals surface area (Å²) in [7, 11) is 0. The van der Waals surface area contributed by atoms with Crippen LogP contribution in [0.2, 0.25) is 0 Å². The van der Waals surface area contributed by atoms with E-state index in [0.29, 0.717) is 19.8 Å². The number of hydrogen-bond acceptors (Lipinski definition) is 4. The molecule has 1 fully saturated rings. The number of ketones is 1. The topological polar surface area (TPSA) is 58.6 Å². The largest absolute Gasteiger partial charge is 0.396 e. The van der Waals surface area contributed by atoms with E-state index in [9.17, 15) is 9.90 Å². The summed E-state index contributed by atoms with van der Waals surface area (Å²) >= 11 is 0. The van der Waals surface area contributed by atoms with Crippen LogP contribution in [0.15, 0.2) is 18.2 Å². The number of ether oxygens (including phenoxy) is 1. The molecule has 0 aliphatic carbocycles. The molecule has 4 nitrogen and oxygen atoms in total. The monoisotopic (exact) mass is 249 g/mol. The molecule has 0 amide bonds. The number of benzene rings is 1. The van der Waals surface area contributed by atoms with Crippen LogP contribution in [0.5, 0.6) is 0 Å². The fraction of sp³-hybridized carbons (Fsp3) is 0.500. The van der Waals surface area contributed by atoms with Crippen molar-refractivity contribution < 1.29 is 14.6 Å². The molecule has 0 radical (unpaired) electrons. The smallest absolute Gasteiger partial charge is 0.160 e. The zero-order valence-electron chi connectivity index (χ0n) is 10.8. The molecule has 1 aromatic carbocycles. The van der Waals surface area contributed by atoms with Gasteiger partial charge < -0.3 is 15.2 Å².